The summed E-state index contributed by atoms with van der Waals surface area (Å²) in [5, 5.41) is 3.65. The number of carbonyl (C=O) groups is 2. The van der Waals surface area contributed by atoms with E-state index in [1.165, 1.54) is 35.0 Å². The van der Waals surface area contributed by atoms with Gasteiger partial charge in [0.15, 0.2) is 17.3 Å². The highest BCUT2D eigenvalue weighted by Gasteiger charge is 2.32. The number of nitrogens with zero attached hydrogens (tertiary/aromatic N) is 3. The number of amides is 2. The molecule has 0 aliphatic carbocycles. The van der Waals surface area contributed by atoms with Gasteiger partial charge in [-0.05, 0) is 39.0 Å². The van der Waals surface area contributed by atoms with E-state index in [0.717, 1.165) is 0 Å². The van der Waals surface area contributed by atoms with Crippen LogP contribution in [0.15, 0.2) is 27.6 Å². The molecule has 1 aliphatic heterocycles. The van der Waals surface area contributed by atoms with Crippen LogP contribution >= 0.6 is 0 Å². The van der Waals surface area contributed by atoms with Crippen LogP contribution in [0, 0.1) is 13.8 Å². The van der Waals surface area contributed by atoms with E-state index in [-0.39, 0.29) is 41.3 Å². The molecule has 1 atom stereocenters. The van der Waals surface area contributed by atoms with Gasteiger partial charge in [-0.3, -0.25) is 9.59 Å². The molecule has 1 aliphatic rings. The van der Waals surface area contributed by atoms with E-state index in [2.05, 4.69) is 9.88 Å². The lowest BCUT2D eigenvalue weighted by Gasteiger charge is -2.36. The maximum absolute atomic E-state index is 12.9. The third-order valence-electron chi connectivity index (χ3n) is 5.45. The molecule has 3 rings (SSSR count). The van der Waals surface area contributed by atoms with Gasteiger partial charge < -0.3 is 23.8 Å². The quantitative estimate of drug-likeness (QED) is 0.620. The molecular formula is C21H28N4O7S. The summed E-state index contributed by atoms with van der Waals surface area (Å²) < 4.78 is 43.1. The van der Waals surface area contributed by atoms with Gasteiger partial charge in [0.05, 0.1) is 20.3 Å². The average molecular weight is 481 g/mol. The summed E-state index contributed by atoms with van der Waals surface area (Å²) in [6.07, 6.45) is 0. The molecule has 1 N–H and O–H groups in total. The van der Waals surface area contributed by atoms with Crippen LogP contribution in [0.4, 0.5) is 0 Å². The van der Waals surface area contributed by atoms with Crippen LogP contribution in [0.1, 0.15) is 28.7 Å². The number of aryl methyl sites for hydroxylation is 2. The van der Waals surface area contributed by atoms with Crippen molar-refractivity contribution in [2.75, 3.05) is 40.4 Å². The highest BCUT2D eigenvalue weighted by molar-refractivity contribution is 7.89. The lowest BCUT2D eigenvalue weighted by Crippen LogP contribution is -2.55. The van der Waals surface area contributed by atoms with Crippen molar-refractivity contribution in [3.63, 3.8) is 0 Å². The first-order valence-electron chi connectivity index (χ1n) is 10.3. The summed E-state index contributed by atoms with van der Waals surface area (Å²) in [7, 11) is -0.958. The van der Waals surface area contributed by atoms with Gasteiger partial charge in [-0.15, -0.1) is 0 Å². The number of piperazine rings is 1. The fourth-order valence-electron chi connectivity index (χ4n) is 3.76. The molecule has 2 amide bonds. The molecule has 2 aromatic rings. The summed E-state index contributed by atoms with van der Waals surface area (Å²) >= 11 is 0. The van der Waals surface area contributed by atoms with Crippen molar-refractivity contribution in [2.45, 2.75) is 31.7 Å². The minimum Gasteiger partial charge on any atom is -0.493 e. The largest absolute Gasteiger partial charge is 0.493 e. The molecule has 1 aromatic heterocycles. The van der Waals surface area contributed by atoms with Crippen molar-refractivity contribution in [1.82, 2.24) is 19.7 Å². The molecule has 1 aromatic carbocycles. The molecule has 2 heterocycles. The molecule has 12 heteroatoms. The summed E-state index contributed by atoms with van der Waals surface area (Å²) in [4.78, 5) is 28.8. The molecule has 1 fully saturated rings. The van der Waals surface area contributed by atoms with Gasteiger partial charge in [-0.1, -0.05) is 5.16 Å². The molecule has 0 unspecified atom stereocenters. The fraction of sp³-hybridized carbons (Fsp3) is 0.476. The number of methoxy groups -OCH3 is 2. The third-order valence-corrected chi connectivity index (χ3v) is 7.23. The highest BCUT2D eigenvalue weighted by Crippen LogP contribution is 2.28. The number of aromatic nitrogens is 1. The summed E-state index contributed by atoms with van der Waals surface area (Å²) in [5.41, 5.74) is 0.676. The zero-order chi connectivity index (χ0) is 24.3. The standard InChI is InChI=1S/C21H28N4O7S/c1-13-19(15(3)32-22-13)33(28,29)23-14(2)20(26)24-8-10-25(11-9-24)21(27)16-6-7-17(30-4)18(12-16)31-5/h6-7,12,14,23H,8-11H2,1-5H3/t14-/m0/s1. The number of hydrogen-bond donors (Lipinski definition) is 1. The summed E-state index contributed by atoms with van der Waals surface area (Å²) in [6.45, 7) is 5.72. The van der Waals surface area contributed by atoms with E-state index in [9.17, 15) is 18.0 Å². The second kappa shape index (κ2) is 9.79. The zero-order valence-electron chi connectivity index (χ0n) is 19.2. The average Bonchev–Trinajstić information content (AvgIpc) is 3.16. The predicted molar refractivity (Wildman–Crippen MR) is 118 cm³/mol. The van der Waals surface area contributed by atoms with Crippen molar-refractivity contribution in [1.29, 1.82) is 0 Å². The van der Waals surface area contributed by atoms with Crippen LogP contribution in [0.5, 0.6) is 11.5 Å². The first-order chi connectivity index (χ1) is 15.6. The second-order valence-electron chi connectivity index (χ2n) is 7.68. The highest BCUT2D eigenvalue weighted by atomic mass is 32.2. The van der Waals surface area contributed by atoms with Gasteiger partial charge in [0.25, 0.3) is 5.91 Å². The van der Waals surface area contributed by atoms with Gasteiger partial charge >= 0.3 is 0 Å². The van der Waals surface area contributed by atoms with Gasteiger partial charge in [-0.2, -0.15) is 4.72 Å². The molecule has 0 bridgehead atoms. The molecule has 1 saturated heterocycles. The monoisotopic (exact) mass is 480 g/mol. The third kappa shape index (κ3) is 5.11. The Hall–Kier alpha value is -3.12. The normalized spacial score (nSPS) is 15.3. The Labute approximate surface area is 192 Å². The maximum Gasteiger partial charge on any atom is 0.254 e. The van der Waals surface area contributed by atoms with Crippen LogP contribution in [-0.4, -0.2) is 81.6 Å². The molecule has 11 nitrogen and oxygen atoms in total. The van der Waals surface area contributed by atoms with E-state index in [1.807, 2.05) is 0 Å². The van der Waals surface area contributed by atoms with Crippen LogP contribution in [0.2, 0.25) is 0 Å². The zero-order valence-corrected chi connectivity index (χ0v) is 20.1. The smallest absolute Gasteiger partial charge is 0.254 e. The van der Waals surface area contributed by atoms with E-state index >= 15 is 0 Å². The molecule has 180 valence electrons. The summed E-state index contributed by atoms with van der Waals surface area (Å²) in [5.74, 6) is 0.578. The van der Waals surface area contributed by atoms with Crippen molar-refractivity contribution in [2.24, 2.45) is 0 Å². The minimum absolute atomic E-state index is 0.0625. The fourth-order valence-corrected chi connectivity index (χ4v) is 5.28. The number of carbonyl (C=O) groups excluding carboxylic acids is 2. The Morgan fingerprint density at radius 3 is 2.21 bits per heavy atom. The Kier molecular flexibility index (Phi) is 7.28. The predicted octanol–water partition coefficient (Wildman–Crippen LogP) is 0.960. The van der Waals surface area contributed by atoms with Gasteiger partial charge in [-0.25, -0.2) is 8.42 Å². The number of benzene rings is 1. The van der Waals surface area contributed by atoms with Crippen molar-refractivity contribution in [3.05, 3.63) is 35.2 Å². The van der Waals surface area contributed by atoms with Crippen LogP contribution in [0.25, 0.3) is 0 Å². The molecule has 33 heavy (non-hydrogen) atoms. The Bertz CT molecular complexity index is 1120. The van der Waals surface area contributed by atoms with E-state index in [0.29, 0.717) is 30.2 Å². The van der Waals surface area contributed by atoms with Crippen molar-refractivity contribution < 1.29 is 32.0 Å². The topological polar surface area (TPSA) is 131 Å². The molecule has 0 radical (unpaired) electrons. The van der Waals surface area contributed by atoms with E-state index < -0.39 is 16.1 Å². The number of nitrogens with one attached hydrogen (secondary N) is 1. The maximum atomic E-state index is 12.9. The van der Waals surface area contributed by atoms with Crippen LogP contribution < -0.4 is 14.2 Å². The number of hydrogen-bond acceptors (Lipinski definition) is 8. The first kappa shape index (κ1) is 24.5. The second-order valence-corrected chi connectivity index (χ2v) is 9.33. The SMILES string of the molecule is COc1ccc(C(=O)N2CCN(C(=O)[C@H](C)NS(=O)(=O)c3c(C)noc3C)CC2)cc1OC. The lowest BCUT2D eigenvalue weighted by atomic mass is 10.1. The Morgan fingerprint density at radius 2 is 1.67 bits per heavy atom. The summed E-state index contributed by atoms with van der Waals surface area (Å²) in [6, 6.07) is 3.95. The van der Waals surface area contributed by atoms with Gasteiger partial charge in [0.2, 0.25) is 15.9 Å². The Morgan fingerprint density at radius 1 is 1.06 bits per heavy atom. The first-order valence-corrected chi connectivity index (χ1v) is 11.8. The molecule has 0 spiro atoms. The van der Waals surface area contributed by atoms with E-state index in [1.54, 1.807) is 28.0 Å². The molecule has 0 saturated carbocycles. The van der Waals surface area contributed by atoms with Crippen LogP contribution in [0.3, 0.4) is 0 Å². The van der Waals surface area contributed by atoms with Gasteiger partial charge in [0.1, 0.15) is 10.6 Å². The van der Waals surface area contributed by atoms with Crippen LogP contribution in [-0.2, 0) is 14.8 Å². The van der Waals surface area contributed by atoms with Crippen molar-refractivity contribution in [3.8, 4) is 11.5 Å². The number of ether oxygens (including phenoxy) is 2. The van der Waals surface area contributed by atoms with E-state index in [4.69, 9.17) is 14.0 Å². The number of rotatable bonds is 7. The van der Waals surface area contributed by atoms with Crippen molar-refractivity contribution >= 4 is 21.8 Å². The number of sulfonamides is 1. The lowest BCUT2D eigenvalue weighted by molar-refractivity contribution is -0.134. The molecular weight excluding hydrogens is 452 g/mol. The van der Waals surface area contributed by atoms with Gasteiger partial charge in [0, 0.05) is 31.7 Å². The Balaban J connectivity index is 1.61. The minimum atomic E-state index is -3.97.